The molecule has 0 aliphatic heterocycles. The molecule has 2 aliphatic carbocycles. The van der Waals surface area contributed by atoms with Gasteiger partial charge in [-0.05, 0) is 30.6 Å². The third-order valence-electron chi connectivity index (χ3n) is 4.80. The maximum atomic E-state index is 5.30. The lowest BCUT2D eigenvalue weighted by Crippen LogP contribution is -2.32. The van der Waals surface area contributed by atoms with E-state index in [9.17, 15) is 0 Å². The van der Waals surface area contributed by atoms with Crippen molar-refractivity contribution in [3.63, 3.8) is 0 Å². The maximum absolute atomic E-state index is 5.30. The minimum absolute atomic E-state index is 0.0479. The first kappa shape index (κ1) is 10.5. The Morgan fingerprint density at radius 3 is 2.40 bits per heavy atom. The van der Waals surface area contributed by atoms with Crippen LogP contribution in [0.5, 0.6) is 0 Å². The van der Waals surface area contributed by atoms with Crippen LogP contribution in [0.1, 0.15) is 40.0 Å². The summed E-state index contributed by atoms with van der Waals surface area (Å²) in [5.74, 6) is 0.794. The van der Waals surface area contributed by atoms with E-state index in [2.05, 4.69) is 31.0 Å². The van der Waals surface area contributed by atoms with E-state index < -0.39 is 0 Å². The minimum atomic E-state index is 0.0479. The highest BCUT2D eigenvalue weighted by Gasteiger charge is 2.59. The molecule has 2 rings (SSSR count). The zero-order chi connectivity index (χ0) is 11.3. The van der Waals surface area contributed by atoms with Gasteiger partial charge in [0.1, 0.15) is 0 Å². The SMILES string of the molecule is CC12CCC(CC1=NN=C(N)N)C2(C)C. The van der Waals surface area contributed by atoms with Gasteiger partial charge >= 0.3 is 0 Å². The number of guanidine groups is 1. The lowest BCUT2D eigenvalue weighted by Gasteiger charge is -2.34. The average molecular weight is 208 g/mol. The summed E-state index contributed by atoms with van der Waals surface area (Å²) < 4.78 is 0. The summed E-state index contributed by atoms with van der Waals surface area (Å²) in [6.45, 7) is 6.96. The Kier molecular flexibility index (Phi) is 2.07. The standard InChI is InChI=1S/C11H20N4/c1-10(2)7-4-5-11(10,3)8(6-7)14-15-9(12)13/h7H,4-6H2,1-3H3,(H4,12,13,15). The molecule has 2 unspecified atom stereocenters. The highest BCUT2D eigenvalue weighted by Crippen LogP contribution is 2.63. The lowest BCUT2D eigenvalue weighted by atomic mass is 9.70. The van der Waals surface area contributed by atoms with E-state index in [0.29, 0.717) is 5.41 Å². The highest BCUT2D eigenvalue weighted by atomic mass is 15.3. The molecule has 0 radical (unpaired) electrons. The molecule has 0 saturated heterocycles. The van der Waals surface area contributed by atoms with Gasteiger partial charge in [0.05, 0.1) is 0 Å². The van der Waals surface area contributed by atoms with E-state index in [4.69, 9.17) is 11.5 Å². The second-order valence-corrected chi connectivity index (χ2v) is 5.57. The summed E-state index contributed by atoms with van der Waals surface area (Å²) in [6.07, 6.45) is 3.58. The number of hydrogen-bond acceptors (Lipinski definition) is 2. The molecule has 4 N–H and O–H groups in total. The van der Waals surface area contributed by atoms with Crippen molar-refractivity contribution in [3.05, 3.63) is 0 Å². The van der Waals surface area contributed by atoms with Crippen molar-refractivity contribution in [2.24, 2.45) is 38.4 Å². The van der Waals surface area contributed by atoms with E-state index in [1.54, 1.807) is 0 Å². The molecule has 4 nitrogen and oxygen atoms in total. The van der Waals surface area contributed by atoms with Gasteiger partial charge in [0.15, 0.2) is 0 Å². The zero-order valence-corrected chi connectivity index (χ0v) is 9.75. The summed E-state index contributed by atoms with van der Waals surface area (Å²) in [5.41, 5.74) is 12.3. The number of nitrogens with zero attached hydrogens (tertiary/aromatic N) is 2. The van der Waals surface area contributed by atoms with E-state index in [0.717, 1.165) is 12.3 Å². The Bertz CT molecular complexity index is 338. The summed E-state index contributed by atoms with van der Waals surface area (Å²) >= 11 is 0. The van der Waals surface area contributed by atoms with Crippen molar-refractivity contribution in [1.29, 1.82) is 0 Å². The molecule has 0 amide bonds. The molecule has 0 spiro atoms. The normalized spacial score (nSPS) is 39.7. The van der Waals surface area contributed by atoms with Gasteiger partial charge in [0.2, 0.25) is 5.96 Å². The van der Waals surface area contributed by atoms with Gasteiger partial charge in [-0.15, -0.1) is 5.10 Å². The van der Waals surface area contributed by atoms with Crippen LogP contribution in [0.25, 0.3) is 0 Å². The van der Waals surface area contributed by atoms with E-state index in [-0.39, 0.29) is 11.4 Å². The van der Waals surface area contributed by atoms with Crippen LogP contribution in [0.4, 0.5) is 0 Å². The van der Waals surface area contributed by atoms with Crippen LogP contribution < -0.4 is 11.5 Å². The highest BCUT2D eigenvalue weighted by molar-refractivity contribution is 5.94. The summed E-state index contributed by atoms with van der Waals surface area (Å²) in [7, 11) is 0. The topological polar surface area (TPSA) is 76.8 Å². The lowest BCUT2D eigenvalue weighted by molar-refractivity contribution is 0.194. The zero-order valence-electron chi connectivity index (χ0n) is 9.75. The Labute approximate surface area is 90.8 Å². The van der Waals surface area contributed by atoms with Gasteiger partial charge < -0.3 is 11.5 Å². The first-order chi connectivity index (χ1) is 6.88. The maximum Gasteiger partial charge on any atom is 0.211 e. The number of fused-ring (bicyclic) bond motifs is 2. The van der Waals surface area contributed by atoms with Gasteiger partial charge in [-0.2, -0.15) is 5.10 Å². The van der Waals surface area contributed by atoms with Gasteiger partial charge in [-0.1, -0.05) is 20.8 Å². The summed E-state index contributed by atoms with van der Waals surface area (Å²) in [4.78, 5) is 0. The quantitative estimate of drug-likeness (QED) is 0.389. The predicted octanol–water partition coefficient (Wildman–Crippen LogP) is 1.46. The Morgan fingerprint density at radius 1 is 1.33 bits per heavy atom. The summed E-state index contributed by atoms with van der Waals surface area (Å²) in [6, 6.07) is 0. The van der Waals surface area contributed by atoms with Crippen molar-refractivity contribution in [1.82, 2.24) is 0 Å². The molecule has 2 fully saturated rings. The molecule has 0 aromatic rings. The van der Waals surface area contributed by atoms with Gasteiger partial charge in [-0.3, -0.25) is 0 Å². The van der Waals surface area contributed by atoms with Crippen LogP contribution in [0.15, 0.2) is 10.2 Å². The molecule has 15 heavy (non-hydrogen) atoms. The molecule has 0 aromatic heterocycles. The molecule has 2 atom stereocenters. The van der Waals surface area contributed by atoms with Crippen molar-refractivity contribution in [2.45, 2.75) is 40.0 Å². The van der Waals surface area contributed by atoms with Crippen molar-refractivity contribution in [3.8, 4) is 0 Å². The Morgan fingerprint density at radius 2 is 2.00 bits per heavy atom. The van der Waals surface area contributed by atoms with Crippen molar-refractivity contribution >= 4 is 11.7 Å². The van der Waals surface area contributed by atoms with Crippen molar-refractivity contribution in [2.75, 3.05) is 0 Å². The van der Waals surface area contributed by atoms with Crippen LogP contribution in [-0.4, -0.2) is 11.7 Å². The fraction of sp³-hybridized carbons (Fsp3) is 0.818. The molecule has 2 aliphatic rings. The number of nitrogens with two attached hydrogens (primary N) is 2. The smallest absolute Gasteiger partial charge is 0.211 e. The molecule has 0 heterocycles. The largest absolute Gasteiger partial charge is 0.369 e. The third-order valence-corrected chi connectivity index (χ3v) is 4.80. The van der Waals surface area contributed by atoms with Crippen LogP contribution >= 0.6 is 0 Å². The summed E-state index contributed by atoms with van der Waals surface area (Å²) in [5, 5.41) is 8.02. The van der Waals surface area contributed by atoms with Crippen LogP contribution in [0.2, 0.25) is 0 Å². The first-order valence-electron chi connectivity index (χ1n) is 5.54. The number of hydrogen-bond donors (Lipinski definition) is 2. The van der Waals surface area contributed by atoms with Gasteiger partial charge in [0.25, 0.3) is 0 Å². The predicted molar refractivity (Wildman–Crippen MR) is 62.5 cm³/mol. The Hall–Kier alpha value is -1.06. The molecule has 0 aromatic carbocycles. The molecule has 2 bridgehead atoms. The third kappa shape index (κ3) is 1.27. The molecule has 2 saturated carbocycles. The fourth-order valence-electron chi connectivity index (χ4n) is 3.20. The fourth-order valence-corrected chi connectivity index (χ4v) is 3.20. The van der Waals surface area contributed by atoms with E-state index >= 15 is 0 Å². The Balaban J connectivity index is 2.34. The first-order valence-corrected chi connectivity index (χ1v) is 5.54. The van der Waals surface area contributed by atoms with Crippen LogP contribution in [0, 0.1) is 16.7 Å². The molecular formula is C11H20N4. The van der Waals surface area contributed by atoms with E-state index in [1.165, 1.54) is 18.6 Å². The van der Waals surface area contributed by atoms with Gasteiger partial charge in [0, 0.05) is 11.1 Å². The molecular weight excluding hydrogens is 188 g/mol. The van der Waals surface area contributed by atoms with Crippen LogP contribution in [-0.2, 0) is 0 Å². The second-order valence-electron chi connectivity index (χ2n) is 5.57. The van der Waals surface area contributed by atoms with Gasteiger partial charge in [-0.25, -0.2) is 0 Å². The van der Waals surface area contributed by atoms with Crippen molar-refractivity contribution < 1.29 is 0 Å². The average Bonchev–Trinajstić information content (AvgIpc) is 2.46. The molecule has 84 valence electrons. The minimum Gasteiger partial charge on any atom is -0.369 e. The van der Waals surface area contributed by atoms with E-state index in [1.807, 2.05) is 0 Å². The number of rotatable bonds is 1. The second kappa shape index (κ2) is 2.97. The monoisotopic (exact) mass is 208 g/mol. The molecule has 4 heteroatoms. The van der Waals surface area contributed by atoms with Crippen LogP contribution in [0.3, 0.4) is 0 Å².